The maximum Gasteiger partial charge on any atom is 0.246 e. The molecular formula is C26H32ClN3O4. The van der Waals surface area contributed by atoms with Crippen LogP contribution in [0.25, 0.3) is 0 Å². The molecule has 3 aliphatic heterocycles. The molecule has 1 aromatic rings. The van der Waals surface area contributed by atoms with Crippen LogP contribution in [0.15, 0.2) is 30.4 Å². The molecular weight excluding hydrogens is 454 g/mol. The van der Waals surface area contributed by atoms with E-state index < -0.39 is 29.6 Å². The Kier molecular flexibility index (Phi) is 6.19. The maximum atomic E-state index is 13.7. The average molecular weight is 486 g/mol. The van der Waals surface area contributed by atoms with Gasteiger partial charge in [0.05, 0.1) is 17.9 Å². The fraction of sp³-hybridized carbons (Fsp3) is 0.577. The number of hydrogen-bond donors (Lipinski definition) is 2. The zero-order valence-electron chi connectivity index (χ0n) is 19.7. The highest BCUT2D eigenvalue weighted by Gasteiger charge is 2.72. The number of carbonyl (C=O) groups is 3. The molecule has 34 heavy (non-hydrogen) atoms. The molecule has 0 unspecified atom stereocenters. The van der Waals surface area contributed by atoms with E-state index in [4.69, 9.17) is 16.3 Å². The largest absolute Gasteiger partial charge is 0.359 e. The van der Waals surface area contributed by atoms with E-state index in [0.29, 0.717) is 23.7 Å². The van der Waals surface area contributed by atoms with Crippen LogP contribution in [-0.2, 0) is 19.1 Å². The van der Waals surface area contributed by atoms with Crippen molar-refractivity contribution < 1.29 is 19.1 Å². The van der Waals surface area contributed by atoms with Gasteiger partial charge in [0.1, 0.15) is 11.6 Å². The molecule has 5 rings (SSSR count). The summed E-state index contributed by atoms with van der Waals surface area (Å²) in [4.78, 5) is 42.3. The summed E-state index contributed by atoms with van der Waals surface area (Å²) in [6.45, 7) is 4.32. The van der Waals surface area contributed by atoms with E-state index >= 15 is 0 Å². The van der Waals surface area contributed by atoms with Gasteiger partial charge >= 0.3 is 0 Å². The van der Waals surface area contributed by atoms with E-state index in [2.05, 4.69) is 10.6 Å². The summed E-state index contributed by atoms with van der Waals surface area (Å²) in [5.41, 5.74) is 0.379. The van der Waals surface area contributed by atoms with Crippen LogP contribution in [0.5, 0.6) is 0 Å². The SMILES string of the molecule is CCCN1C(=O)[C@H]2[C@H](C(=O)Nc3ccc(C)c(Cl)c3)[C@H]3C=C[C@@]2(O3)[C@H]1C(=O)NC1CCCCC1. The van der Waals surface area contributed by atoms with Crippen LogP contribution in [0.1, 0.15) is 51.0 Å². The Balaban J connectivity index is 1.42. The normalized spacial score (nSPS) is 32.2. The predicted molar refractivity (Wildman–Crippen MR) is 129 cm³/mol. The lowest BCUT2D eigenvalue weighted by Crippen LogP contribution is -2.56. The predicted octanol–water partition coefficient (Wildman–Crippen LogP) is 3.60. The number of nitrogens with one attached hydrogen (secondary N) is 2. The van der Waals surface area contributed by atoms with Gasteiger partial charge in [-0.05, 0) is 43.9 Å². The number of aryl methyl sites for hydroxylation is 1. The molecule has 2 bridgehead atoms. The Morgan fingerprint density at radius 3 is 2.68 bits per heavy atom. The van der Waals surface area contributed by atoms with Crippen molar-refractivity contribution in [3.05, 3.63) is 40.9 Å². The monoisotopic (exact) mass is 485 g/mol. The van der Waals surface area contributed by atoms with E-state index in [0.717, 1.165) is 31.2 Å². The van der Waals surface area contributed by atoms with Gasteiger partial charge in [-0.1, -0.05) is 56.0 Å². The van der Waals surface area contributed by atoms with Crippen molar-refractivity contribution in [2.45, 2.75) is 76.2 Å². The minimum absolute atomic E-state index is 0.128. The van der Waals surface area contributed by atoms with Crippen LogP contribution in [0, 0.1) is 18.8 Å². The lowest BCUT2D eigenvalue weighted by atomic mass is 9.74. The summed E-state index contributed by atoms with van der Waals surface area (Å²) < 4.78 is 6.35. The lowest BCUT2D eigenvalue weighted by molar-refractivity contribution is -0.141. The van der Waals surface area contributed by atoms with E-state index in [-0.39, 0.29) is 23.8 Å². The Morgan fingerprint density at radius 2 is 1.97 bits per heavy atom. The number of anilines is 1. The quantitative estimate of drug-likeness (QED) is 0.603. The number of benzene rings is 1. The Morgan fingerprint density at radius 1 is 1.21 bits per heavy atom. The third-order valence-corrected chi connectivity index (χ3v) is 8.19. The summed E-state index contributed by atoms with van der Waals surface area (Å²) in [6, 6.07) is 4.70. The zero-order valence-corrected chi connectivity index (χ0v) is 20.4. The van der Waals surface area contributed by atoms with Crippen molar-refractivity contribution in [1.82, 2.24) is 10.2 Å². The molecule has 3 fully saturated rings. The van der Waals surface area contributed by atoms with Crippen LogP contribution in [0.2, 0.25) is 5.02 Å². The van der Waals surface area contributed by atoms with E-state index in [1.54, 1.807) is 17.0 Å². The van der Waals surface area contributed by atoms with Crippen LogP contribution >= 0.6 is 11.6 Å². The molecule has 2 saturated heterocycles. The van der Waals surface area contributed by atoms with Crippen molar-refractivity contribution in [3.63, 3.8) is 0 Å². The van der Waals surface area contributed by atoms with Gasteiger partial charge in [0.25, 0.3) is 0 Å². The number of rotatable bonds is 6. The number of nitrogens with zero attached hydrogens (tertiary/aromatic N) is 1. The van der Waals surface area contributed by atoms with Gasteiger partial charge in [-0.15, -0.1) is 0 Å². The molecule has 3 heterocycles. The van der Waals surface area contributed by atoms with E-state index in [9.17, 15) is 14.4 Å². The molecule has 182 valence electrons. The van der Waals surface area contributed by atoms with Gasteiger partial charge < -0.3 is 20.3 Å². The van der Waals surface area contributed by atoms with Gasteiger partial charge in [-0.3, -0.25) is 14.4 Å². The Hall–Kier alpha value is -2.38. The Labute approximate surface area is 205 Å². The Bertz CT molecular complexity index is 1040. The molecule has 7 nitrogen and oxygen atoms in total. The van der Waals surface area contributed by atoms with Crippen molar-refractivity contribution >= 4 is 35.0 Å². The molecule has 1 aliphatic carbocycles. The van der Waals surface area contributed by atoms with Gasteiger partial charge in [0.2, 0.25) is 17.7 Å². The molecule has 5 atom stereocenters. The number of carbonyl (C=O) groups excluding carboxylic acids is 3. The second-order valence-electron chi connectivity index (χ2n) is 10.0. The third-order valence-electron chi connectivity index (χ3n) is 7.78. The van der Waals surface area contributed by atoms with Crippen LogP contribution in [0.4, 0.5) is 5.69 Å². The third kappa shape index (κ3) is 3.73. The van der Waals surface area contributed by atoms with Gasteiger partial charge in [0.15, 0.2) is 0 Å². The number of amides is 3. The minimum atomic E-state index is -1.11. The zero-order chi connectivity index (χ0) is 24.0. The number of hydrogen-bond acceptors (Lipinski definition) is 4. The highest BCUT2D eigenvalue weighted by Crippen LogP contribution is 2.55. The molecule has 8 heteroatoms. The number of ether oxygens (including phenoxy) is 1. The van der Waals surface area contributed by atoms with Crippen molar-refractivity contribution in [3.8, 4) is 0 Å². The summed E-state index contributed by atoms with van der Waals surface area (Å²) in [6.07, 6.45) is 9.19. The molecule has 1 saturated carbocycles. The molecule has 1 spiro atoms. The van der Waals surface area contributed by atoms with Crippen molar-refractivity contribution in [2.24, 2.45) is 11.8 Å². The second-order valence-corrected chi connectivity index (χ2v) is 10.4. The summed E-state index contributed by atoms with van der Waals surface area (Å²) in [5, 5.41) is 6.67. The van der Waals surface area contributed by atoms with Gasteiger partial charge in [0, 0.05) is 23.3 Å². The molecule has 0 aromatic heterocycles. The fourth-order valence-electron chi connectivity index (χ4n) is 6.17. The number of likely N-dealkylation sites (tertiary alicyclic amines) is 1. The lowest BCUT2D eigenvalue weighted by Gasteiger charge is -2.34. The number of halogens is 1. The molecule has 1 aromatic carbocycles. The summed E-state index contributed by atoms with van der Waals surface area (Å²) in [7, 11) is 0. The molecule has 3 amide bonds. The van der Waals surface area contributed by atoms with Gasteiger partial charge in [-0.2, -0.15) is 0 Å². The smallest absolute Gasteiger partial charge is 0.246 e. The number of fused-ring (bicyclic) bond motifs is 1. The van der Waals surface area contributed by atoms with Crippen LogP contribution in [0.3, 0.4) is 0 Å². The van der Waals surface area contributed by atoms with Crippen molar-refractivity contribution in [1.29, 1.82) is 0 Å². The highest BCUT2D eigenvalue weighted by molar-refractivity contribution is 6.31. The molecule has 0 radical (unpaired) electrons. The minimum Gasteiger partial charge on any atom is -0.359 e. The maximum absolute atomic E-state index is 13.7. The second kappa shape index (κ2) is 9.00. The van der Waals surface area contributed by atoms with Crippen molar-refractivity contribution in [2.75, 3.05) is 11.9 Å². The first-order valence-electron chi connectivity index (χ1n) is 12.4. The highest BCUT2D eigenvalue weighted by atomic mass is 35.5. The topological polar surface area (TPSA) is 87.7 Å². The summed E-state index contributed by atoms with van der Waals surface area (Å²) in [5.74, 6) is -2.08. The average Bonchev–Trinajstić information content (AvgIpc) is 3.45. The molecule has 4 aliphatic rings. The first-order chi connectivity index (χ1) is 16.4. The fourth-order valence-corrected chi connectivity index (χ4v) is 6.35. The first kappa shape index (κ1) is 23.4. The van der Waals surface area contributed by atoms with Crippen LogP contribution in [-0.4, -0.2) is 53.0 Å². The molecule has 2 N–H and O–H groups in total. The van der Waals surface area contributed by atoms with Crippen LogP contribution < -0.4 is 10.6 Å². The van der Waals surface area contributed by atoms with Gasteiger partial charge in [-0.25, -0.2) is 0 Å². The van der Waals surface area contributed by atoms with E-state index in [1.807, 2.05) is 32.1 Å². The first-order valence-corrected chi connectivity index (χ1v) is 12.8. The standard InChI is InChI=1S/C26H32ClN3O4/c1-3-13-30-22(24(32)28-16-7-5-4-6-8-16)26-12-11-19(34-26)20(21(26)25(30)33)23(31)29-17-10-9-15(2)18(27)14-17/h9-12,14,16,19-22H,3-8,13H2,1-2H3,(H,28,32)(H,29,31)/t19-,20-,21-,22-,26+/m1/s1. The van der Waals surface area contributed by atoms with E-state index in [1.165, 1.54) is 6.42 Å². The summed E-state index contributed by atoms with van der Waals surface area (Å²) >= 11 is 6.23.